The highest BCUT2D eigenvalue weighted by Crippen LogP contribution is 2.08. The molecule has 0 aliphatic heterocycles. The molecule has 0 fully saturated rings. The maximum atomic E-state index is 11.8. The number of amides is 1. The Bertz CT molecular complexity index is 399. The molecule has 1 rings (SSSR count). The van der Waals surface area contributed by atoms with Crippen molar-refractivity contribution in [2.75, 3.05) is 17.6 Å². The average molecular weight is 251 g/mol. The molecule has 0 saturated heterocycles. The van der Waals surface area contributed by atoms with Gasteiger partial charge < -0.3 is 16.4 Å². The summed E-state index contributed by atoms with van der Waals surface area (Å²) < 4.78 is 0. The summed E-state index contributed by atoms with van der Waals surface area (Å²) in [5, 5.41) is 5.86. The highest BCUT2D eigenvalue weighted by molar-refractivity contribution is 5.83. The van der Waals surface area contributed by atoms with E-state index in [1.54, 1.807) is 13.0 Å². The minimum atomic E-state index is -0.363. The fourth-order valence-electron chi connectivity index (χ4n) is 1.41. The van der Waals surface area contributed by atoms with E-state index in [-0.39, 0.29) is 17.9 Å². The van der Waals surface area contributed by atoms with Crippen LogP contribution in [0, 0.1) is 12.8 Å². The number of carbonyl (C=O) groups excluding carboxylic acids is 1. The smallest absolute Gasteiger partial charge is 0.242 e. The number of nitrogen functional groups attached to an aromatic ring is 1. The van der Waals surface area contributed by atoms with Crippen molar-refractivity contribution in [1.82, 2.24) is 15.3 Å². The number of anilines is 2. The fourth-order valence-corrected chi connectivity index (χ4v) is 1.41. The number of hydrogen-bond donors (Lipinski definition) is 3. The van der Waals surface area contributed by atoms with Crippen molar-refractivity contribution < 1.29 is 4.79 Å². The van der Waals surface area contributed by atoms with Crippen molar-refractivity contribution in [3.63, 3.8) is 0 Å². The molecule has 1 aromatic heterocycles. The van der Waals surface area contributed by atoms with Crippen molar-refractivity contribution in [3.8, 4) is 0 Å². The van der Waals surface area contributed by atoms with Crippen LogP contribution < -0.4 is 16.4 Å². The number of nitrogens with zero attached hydrogens (tertiary/aromatic N) is 2. The molecule has 6 nitrogen and oxygen atoms in total. The van der Waals surface area contributed by atoms with E-state index in [0.29, 0.717) is 18.3 Å². The lowest BCUT2D eigenvalue weighted by atomic mass is 10.2. The largest absolute Gasteiger partial charge is 0.368 e. The van der Waals surface area contributed by atoms with Gasteiger partial charge >= 0.3 is 0 Å². The van der Waals surface area contributed by atoms with Gasteiger partial charge in [0.05, 0.1) is 0 Å². The summed E-state index contributed by atoms with van der Waals surface area (Å²) >= 11 is 0. The highest BCUT2D eigenvalue weighted by atomic mass is 16.2. The summed E-state index contributed by atoms with van der Waals surface area (Å²) in [7, 11) is 0. The Kier molecular flexibility index (Phi) is 4.88. The summed E-state index contributed by atoms with van der Waals surface area (Å²) in [4.78, 5) is 19.8. The van der Waals surface area contributed by atoms with Crippen LogP contribution in [0.3, 0.4) is 0 Å². The van der Waals surface area contributed by atoms with E-state index < -0.39 is 0 Å². The zero-order valence-corrected chi connectivity index (χ0v) is 11.3. The maximum Gasteiger partial charge on any atom is 0.242 e. The number of aromatic nitrogens is 2. The minimum Gasteiger partial charge on any atom is -0.368 e. The van der Waals surface area contributed by atoms with E-state index in [2.05, 4.69) is 20.6 Å². The summed E-state index contributed by atoms with van der Waals surface area (Å²) in [6.45, 7) is 8.37. The Labute approximate surface area is 107 Å². The molecule has 0 aliphatic carbocycles. The van der Waals surface area contributed by atoms with Crippen LogP contribution in [0.15, 0.2) is 6.07 Å². The normalized spacial score (nSPS) is 12.3. The predicted molar refractivity (Wildman–Crippen MR) is 72.1 cm³/mol. The van der Waals surface area contributed by atoms with Crippen LogP contribution in [0.25, 0.3) is 0 Å². The molecule has 18 heavy (non-hydrogen) atoms. The number of nitrogens with one attached hydrogen (secondary N) is 2. The van der Waals surface area contributed by atoms with E-state index >= 15 is 0 Å². The molecule has 1 aromatic rings. The third kappa shape index (κ3) is 4.57. The first-order valence-corrected chi connectivity index (χ1v) is 6.04. The number of rotatable bonds is 5. The van der Waals surface area contributed by atoms with Crippen LogP contribution in [-0.2, 0) is 4.79 Å². The molecule has 100 valence electrons. The van der Waals surface area contributed by atoms with Gasteiger partial charge in [0.15, 0.2) is 0 Å². The van der Waals surface area contributed by atoms with Gasteiger partial charge in [-0.25, -0.2) is 4.98 Å². The van der Waals surface area contributed by atoms with Crippen LogP contribution in [-0.4, -0.2) is 28.5 Å². The topological polar surface area (TPSA) is 92.9 Å². The van der Waals surface area contributed by atoms with Crippen molar-refractivity contribution >= 4 is 17.7 Å². The minimum absolute atomic E-state index is 0.0569. The Hall–Kier alpha value is -1.85. The molecule has 1 atom stereocenters. The molecular weight excluding hydrogens is 230 g/mol. The lowest BCUT2D eigenvalue weighted by molar-refractivity contribution is -0.121. The lowest BCUT2D eigenvalue weighted by Gasteiger charge is -2.16. The molecule has 0 aliphatic rings. The van der Waals surface area contributed by atoms with Gasteiger partial charge in [-0.2, -0.15) is 4.98 Å². The number of carbonyl (C=O) groups is 1. The zero-order chi connectivity index (χ0) is 13.7. The van der Waals surface area contributed by atoms with E-state index in [9.17, 15) is 4.79 Å². The van der Waals surface area contributed by atoms with Crippen LogP contribution >= 0.6 is 0 Å². The molecule has 1 unspecified atom stereocenters. The van der Waals surface area contributed by atoms with Crippen molar-refractivity contribution in [2.45, 2.75) is 33.7 Å². The third-order valence-corrected chi connectivity index (χ3v) is 2.31. The van der Waals surface area contributed by atoms with E-state index in [4.69, 9.17) is 5.73 Å². The first-order valence-electron chi connectivity index (χ1n) is 6.04. The maximum absolute atomic E-state index is 11.8. The van der Waals surface area contributed by atoms with Crippen molar-refractivity contribution in [2.24, 2.45) is 5.92 Å². The Balaban J connectivity index is 2.58. The van der Waals surface area contributed by atoms with E-state index in [1.165, 1.54) is 0 Å². The number of hydrogen-bond acceptors (Lipinski definition) is 5. The summed E-state index contributed by atoms with van der Waals surface area (Å²) in [6.07, 6.45) is 0. The number of aryl methyl sites for hydroxylation is 1. The average Bonchev–Trinajstić information content (AvgIpc) is 2.24. The van der Waals surface area contributed by atoms with Gasteiger partial charge in [-0.3, -0.25) is 4.79 Å². The van der Waals surface area contributed by atoms with Crippen LogP contribution in [0.5, 0.6) is 0 Å². The summed E-state index contributed by atoms with van der Waals surface area (Å²) in [5.74, 6) is 1.14. The Morgan fingerprint density at radius 3 is 2.61 bits per heavy atom. The molecule has 4 N–H and O–H groups in total. The van der Waals surface area contributed by atoms with Gasteiger partial charge in [0, 0.05) is 18.3 Å². The first-order chi connectivity index (χ1) is 8.38. The SMILES string of the molecule is Cc1cc(NC(C)C(=O)NCC(C)C)nc(N)n1. The van der Waals surface area contributed by atoms with Crippen LogP contribution in [0.1, 0.15) is 26.5 Å². The Morgan fingerprint density at radius 2 is 2.06 bits per heavy atom. The first kappa shape index (κ1) is 14.2. The predicted octanol–water partition coefficient (Wildman–Crippen LogP) is 0.940. The second-order valence-corrected chi connectivity index (χ2v) is 4.76. The molecule has 6 heteroatoms. The van der Waals surface area contributed by atoms with Crippen LogP contribution in [0.4, 0.5) is 11.8 Å². The monoisotopic (exact) mass is 251 g/mol. The highest BCUT2D eigenvalue weighted by Gasteiger charge is 2.13. The van der Waals surface area contributed by atoms with Gasteiger partial charge in [-0.05, 0) is 19.8 Å². The number of nitrogens with two attached hydrogens (primary N) is 1. The molecule has 0 spiro atoms. The quantitative estimate of drug-likeness (QED) is 0.724. The summed E-state index contributed by atoms with van der Waals surface area (Å²) in [6, 6.07) is 1.39. The summed E-state index contributed by atoms with van der Waals surface area (Å²) in [5.41, 5.74) is 6.31. The van der Waals surface area contributed by atoms with Gasteiger partial charge in [0.1, 0.15) is 11.9 Å². The van der Waals surface area contributed by atoms with Gasteiger partial charge in [0.25, 0.3) is 0 Å². The van der Waals surface area contributed by atoms with Crippen LogP contribution in [0.2, 0.25) is 0 Å². The molecular formula is C12H21N5O. The van der Waals surface area contributed by atoms with Gasteiger partial charge in [-0.1, -0.05) is 13.8 Å². The second-order valence-electron chi connectivity index (χ2n) is 4.76. The molecule has 1 heterocycles. The van der Waals surface area contributed by atoms with Crippen molar-refractivity contribution in [3.05, 3.63) is 11.8 Å². The van der Waals surface area contributed by atoms with Gasteiger partial charge in [0.2, 0.25) is 11.9 Å². The van der Waals surface area contributed by atoms with E-state index in [0.717, 1.165) is 5.69 Å². The van der Waals surface area contributed by atoms with Crippen molar-refractivity contribution in [1.29, 1.82) is 0 Å². The molecule has 0 saturated carbocycles. The molecule has 0 radical (unpaired) electrons. The second kappa shape index (κ2) is 6.18. The third-order valence-electron chi connectivity index (χ3n) is 2.31. The Morgan fingerprint density at radius 1 is 1.39 bits per heavy atom. The molecule has 1 amide bonds. The van der Waals surface area contributed by atoms with Gasteiger partial charge in [-0.15, -0.1) is 0 Å². The zero-order valence-electron chi connectivity index (χ0n) is 11.3. The molecule has 0 bridgehead atoms. The molecule has 0 aromatic carbocycles. The lowest BCUT2D eigenvalue weighted by Crippen LogP contribution is -2.39. The fraction of sp³-hybridized carbons (Fsp3) is 0.583. The van der Waals surface area contributed by atoms with E-state index in [1.807, 2.05) is 20.8 Å². The standard InChI is InChI=1S/C12H21N5O/c1-7(2)6-14-11(18)9(4)16-10-5-8(3)15-12(13)17-10/h5,7,9H,6H2,1-4H3,(H,14,18)(H3,13,15,16,17).